The molecule has 2 atom stereocenters. The van der Waals surface area contributed by atoms with E-state index in [1.165, 1.54) is 4.31 Å². The molecule has 0 unspecified atom stereocenters. The minimum atomic E-state index is -3.63. The van der Waals surface area contributed by atoms with Crippen LogP contribution in [0.4, 0.5) is 0 Å². The number of nitrogens with one attached hydrogen (secondary N) is 2. The van der Waals surface area contributed by atoms with Gasteiger partial charge < -0.3 is 10.1 Å². The SMILES string of the molecule is Cc1cc(COc2ccc(C(=O)N[C@@H]3CN(S(=O)(=O)C(C)(C)C)CC[C@H]3CC(=O)NO)cc2)c2ccccc2n1. The molecule has 0 saturated carbocycles. The van der Waals surface area contributed by atoms with Gasteiger partial charge in [0, 0.05) is 47.8 Å². The number of carbonyl (C=O) groups excluding carboxylic acids is 2. The van der Waals surface area contributed by atoms with Crippen molar-refractivity contribution in [3.63, 3.8) is 0 Å². The Labute approximate surface area is 234 Å². The Balaban J connectivity index is 1.45. The Hall–Kier alpha value is -3.54. The van der Waals surface area contributed by atoms with E-state index < -0.39 is 32.6 Å². The van der Waals surface area contributed by atoms with Crippen molar-refractivity contribution in [2.45, 2.75) is 57.9 Å². The van der Waals surface area contributed by atoms with Crippen molar-refractivity contribution < 1.29 is 28.0 Å². The van der Waals surface area contributed by atoms with Crippen molar-refractivity contribution in [2.75, 3.05) is 13.1 Å². The van der Waals surface area contributed by atoms with Gasteiger partial charge in [0.05, 0.1) is 10.3 Å². The zero-order chi connectivity index (χ0) is 29.1. The molecule has 2 heterocycles. The predicted molar refractivity (Wildman–Crippen MR) is 151 cm³/mol. The van der Waals surface area contributed by atoms with Crippen LogP contribution in [-0.4, -0.2) is 58.6 Å². The van der Waals surface area contributed by atoms with E-state index in [0.29, 0.717) is 24.3 Å². The van der Waals surface area contributed by atoms with Crippen LogP contribution in [0.25, 0.3) is 10.9 Å². The number of carbonyl (C=O) groups is 2. The van der Waals surface area contributed by atoms with Crippen LogP contribution in [0, 0.1) is 12.8 Å². The van der Waals surface area contributed by atoms with E-state index in [9.17, 15) is 18.0 Å². The lowest BCUT2D eigenvalue weighted by Gasteiger charge is -2.40. The van der Waals surface area contributed by atoms with Gasteiger partial charge in [0.15, 0.2) is 0 Å². The van der Waals surface area contributed by atoms with Gasteiger partial charge in [0.25, 0.3) is 5.91 Å². The van der Waals surface area contributed by atoms with Crippen LogP contribution in [-0.2, 0) is 21.4 Å². The van der Waals surface area contributed by atoms with Crippen molar-refractivity contribution in [1.82, 2.24) is 20.1 Å². The highest BCUT2D eigenvalue weighted by molar-refractivity contribution is 7.90. The first kappa shape index (κ1) is 29.4. The molecule has 3 N–H and O–H groups in total. The Bertz CT molecular complexity index is 1480. The molecular weight excluding hydrogens is 532 g/mol. The maximum Gasteiger partial charge on any atom is 0.251 e. The summed E-state index contributed by atoms with van der Waals surface area (Å²) in [6, 6.07) is 15.9. The summed E-state index contributed by atoms with van der Waals surface area (Å²) >= 11 is 0. The molecule has 4 rings (SSSR count). The molecule has 1 aromatic heterocycles. The predicted octanol–water partition coefficient (Wildman–Crippen LogP) is 3.57. The second-order valence-corrected chi connectivity index (χ2v) is 13.8. The fraction of sp³-hybridized carbons (Fsp3) is 0.414. The zero-order valence-corrected chi connectivity index (χ0v) is 24.0. The van der Waals surface area contributed by atoms with Gasteiger partial charge in [0.1, 0.15) is 12.4 Å². The summed E-state index contributed by atoms with van der Waals surface area (Å²) in [5.74, 6) is -0.733. The minimum absolute atomic E-state index is 0.0369. The summed E-state index contributed by atoms with van der Waals surface area (Å²) in [4.78, 5) is 29.6. The number of fused-ring (bicyclic) bond motifs is 1. The smallest absolute Gasteiger partial charge is 0.251 e. The molecule has 3 aromatic rings. The molecule has 2 amide bonds. The van der Waals surface area contributed by atoms with Gasteiger partial charge in [-0.2, -0.15) is 4.31 Å². The highest BCUT2D eigenvalue weighted by Crippen LogP contribution is 2.29. The maximum absolute atomic E-state index is 13.2. The summed E-state index contributed by atoms with van der Waals surface area (Å²) in [6.07, 6.45) is 0.324. The molecule has 214 valence electrons. The van der Waals surface area contributed by atoms with Gasteiger partial charge in [-0.05, 0) is 76.4 Å². The third-order valence-corrected chi connectivity index (χ3v) is 9.72. The van der Waals surface area contributed by atoms with E-state index in [1.807, 2.05) is 37.3 Å². The number of hydroxylamine groups is 1. The maximum atomic E-state index is 13.2. The third-order valence-electron chi connectivity index (χ3n) is 7.16. The number of ether oxygens (including phenoxy) is 1. The number of piperidine rings is 1. The van der Waals surface area contributed by atoms with Gasteiger partial charge in [-0.15, -0.1) is 0 Å². The molecule has 40 heavy (non-hydrogen) atoms. The molecule has 2 aromatic carbocycles. The normalized spacial score (nSPS) is 18.3. The number of hydrogen-bond donors (Lipinski definition) is 3. The van der Waals surface area contributed by atoms with E-state index in [2.05, 4.69) is 10.3 Å². The van der Waals surface area contributed by atoms with Gasteiger partial charge in [0.2, 0.25) is 15.9 Å². The van der Waals surface area contributed by atoms with Crippen LogP contribution < -0.4 is 15.5 Å². The lowest BCUT2D eigenvalue weighted by molar-refractivity contribution is -0.130. The average Bonchev–Trinajstić information content (AvgIpc) is 2.92. The number of aryl methyl sites for hydroxylation is 1. The molecule has 11 heteroatoms. The molecule has 0 aliphatic carbocycles. The van der Waals surface area contributed by atoms with Crippen LogP contribution in [0.1, 0.15) is 55.2 Å². The van der Waals surface area contributed by atoms with Crippen LogP contribution >= 0.6 is 0 Å². The molecule has 0 radical (unpaired) electrons. The van der Waals surface area contributed by atoms with Crippen molar-refractivity contribution in [2.24, 2.45) is 5.92 Å². The number of sulfonamides is 1. The Kier molecular flexibility index (Phi) is 8.77. The Morgan fingerprint density at radius 2 is 1.82 bits per heavy atom. The molecule has 0 bridgehead atoms. The van der Waals surface area contributed by atoms with Crippen molar-refractivity contribution in [3.8, 4) is 5.75 Å². The molecule has 1 aliphatic rings. The van der Waals surface area contributed by atoms with Crippen molar-refractivity contribution in [1.29, 1.82) is 0 Å². The second-order valence-electron chi connectivity index (χ2n) is 11.1. The van der Waals surface area contributed by atoms with Crippen molar-refractivity contribution in [3.05, 3.63) is 71.4 Å². The highest BCUT2D eigenvalue weighted by atomic mass is 32.2. The van der Waals surface area contributed by atoms with Crippen LogP contribution in [0.2, 0.25) is 0 Å². The summed E-state index contributed by atoms with van der Waals surface area (Å²) < 4.78 is 32.5. The molecule has 1 fully saturated rings. The van der Waals surface area contributed by atoms with E-state index in [4.69, 9.17) is 9.94 Å². The van der Waals surface area contributed by atoms with E-state index in [0.717, 1.165) is 22.2 Å². The number of hydrogen-bond acceptors (Lipinski definition) is 7. The first-order valence-corrected chi connectivity index (χ1v) is 14.6. The molecule has 1 aliphatic heterocycles. The quantitative estimate of drug-likeness (QED) is 0.279. The lowest BCUT2D eigenvalue weighted by Crippen LogP contribution is -2.57. The van der Waals surface area contributed by atoms with Gasteiger partial charge in [-0.25, -0.2) is 13.9 Å². The van der Waals surface area contributed by atoms with Gasteiger partial charge in [-0.1, -0.05) is 18.2 Å². The monoisotopic (exact) mass is 568 g/mol. The topological polar surface area (TPSA) is 138 Å². The number of nitrogens with zero attached hydrogens (tertiary/aromatic N) is 2. The lowest BCUT2D eigenvalue weighted by atomic mass is 9.89. The average molecular weight is 569 g/mol. The number of rotatable bonds is 8. The standard InChI is InChI=1S/C29H36N4O6S/c1-19-15-22(24-7-5-6-8-25(24)30-19)18-39-23-11-9-20(10-12-23)28(35)31-26-17-33(40(37,38)29(2,3)4)14-13-21(26)16-27(34)32-36/h5-12,15,21,26,36H,13-14,16-18H2,1-4H3,(H,31,35)(H,32,34)/t21-,26+/m0/s1. The fourth-order valence-electron chi connectivity index (χ4n) is 4.90. The Morgan fingerprint density at radius 1 is 1.12 bits per heavy atom. The molecular formula is C29H36N4O6S. The summed E-state index contributed by atoms with van der Waals surface area (Å²) in [5.41, 5.74) is 4.81. The minimum Gasteiger partial charge on any atom is -0.489 e. The fourth-order valence-corrected chi connectivity index (χ4v) is 6.37. The first-order chi connectivity index (χ1) is 18.9. The summed E-state index contributed by atoms with van der Waals surface area (Å²) in [7, 11) is -3.63. The largest absolute Gasteiger partial charge is 0.489 e. The Morgan fingerprint density at radius 3 is 2.50 bits per heavy atom. The molecule has 1 saturated heterocycles. The van der Waals surface area contributed by atoms with Crippen molar-refractivity contribution >= 4 is 32.7 Å². The van der Waals surface area contributed by atoms with Crippen LogP contribution in [0.5, 0.6) is 5.75 Å². The van der Waals surface area contributed by atoms with Gasteiger partial charge in [-0.3, -0.25) is 19.8 Å². The zero-order valence-electron chi connectivity index (χ0n) is 23.2. The van der Waals surface area contributed by atoms with Crippen LogP contribution in [0.3, 0.4) is 0 Å². The van der Waals surface area contributed by atoms with E-state index in [-0.39, 0.29) is 25.4 Å². The number of para-hydroxylation sites is 1. The number of pyridine rings is 1. The second kappa shape index (κ2) is 11.9. The molecule has 0 spiro atoms. The number of benzene rings is 2. The first-order valence-electron chi connectivity index (χ1n) is 13.2. The van der Waals surface area contributed by atoms with Gasteiger partial charge >= 0.3 is 0 Å². The summed E-state index contributed by atoms with van der Waals surface area (Å²) in [6.45, 7) is 7.43. The number of aromatic nitrogens is 1. The summed E-state index contributed by atoms with van der Waals surface area (Å²) in [5, 5.41) is 12.9. The third kappa shape index (κ3) is 6.60. The number of amides is 2. The van der Waals surface area contributed by atoms with Crippen LogP contribution in [0.15, 0.2) is 54.6 Å². The van der Waals surface area contributed by atoms with E-state index >= 15 is 0 Å². The highest BCUT2D eigenvalue weighted by Gasteiger charge is 2.41. The molecule has 10 nitrogen and oxygen atoms in total. The van der Waals surface area contributed by atoms with E-state index in [1.54, 1.807) is 50.5 Å².